The van der Waals surface area contributed by atoms with E-state index in [1.807, 2.05) is 54.6 Å². The Bertz CT molecular complexity index is 2270. The monoisotopic (exact) mass is 906 g/mol. The third-order valence-electron chi connectivity index (χ3n) is 12.1. The van der Waals surface area contributed by atoms with Crippen LogP contribution in [0.15, 0.2) is 273 Å². The van der Waals surface area contributed by atoms with Crippen LogP contribution < -0.4 is 46.7 Å². The first-order valence-corrected chi connectivity index (χ1v) is 27.9. The fourth-order valence-corrected chi connectivity index (χ4v) is 20.5. The summed E-state index contributed by atoms with van der Waals surface area (Å²) in [5.41, 5.74) is 0. The van der Waals surface area contributed by atoms with E-state index in [2.05, 4.69) is 218 Å². The molecule has 0 radical (unpaired) electrons. The second kappa shape index (κ2) is 20.0. The summed E-state index contributed by atoms with van der Waals surface area (Å²) >= 11 is 0. The van der Waals surface area contributed by atoms with Crippen molar-refractivity contribution in [2.45, 2.75) is 0 Å². The van der Waals surface area contributed by atoms with Crippen LogP contribution in [0.1, 0.15) is 0 Å². The molecular formula is C54H45B3O6Si3. The van der Waals surface area contributed by atoms with Gasteiger partial charge in [0, 0.05) is 0 Å². The summed E-state index contributed by atoms with van der Waals surface area (Å²) in [7, 11) is -14.4. The number of hydrogen-bond donors (Lipinski definition) is 0. The number of rotatable bonds is 15. The topological polar surface area (TPSA) is 55.4 Å². The molecule has 0 bridgehead atoms. The van der Waals surface area contributed by atoms with E-state index < -0.39 is 46.9 Å². The predicted octanol–water partition coefficient (Wildman–Crippen LogP) is 5.06. The van der Waals surface area contributed by atoms with Gasteiger partial charge in [0.05, 0.1) is 0 Å². The van der Waals surface area contributed by atoms with E-state index in [1.165, 1.54) is 0 Å². The molecule has 0 N–H and O–H groups in total. The average Bonchev–Trinajstić information content (AvgIpc) is 3.41. The molecule has 1 aliphatic heterocycles. The Hall–Kier alpha value is -6.41. The quantitative estimate of drug-likeness (QED) is 0.106. The number of benzene rings is 9. The van der Waals surface area contributed by atoms with Crippen molar-refractivity contribution in [3.63, 3.8) is 0 Å². The van der Waals surface area contributed by atoms with Crippen LogP contribution in [0.4, 0.5) is 0 Å². The fraction of sp³-hybridized carbons (Fsp3) is 0. The van der Waals surface area contributed by atoms with E-state index in [1.54, 1.807) is 0 Å². The molecule has 1 aliphatic rings. The van der Waals surface area contributed by atoms with Crippen LogP contribution in [0.2, 0.25) is 0 Å². The van der Waals surface area contributed by atoms with Crippen LogP contribution in [0.25, 0.3) is 0 Å². The molecule has 0 amide bonds. The minimum absolute atomic E-state index is 1.01. The molecule has 12 heteroatoms. The first-order chi connectivity index (χ1) is 32.7. The van der Waals surface area contributed by atoms with Crippen molar-refractivity contribution in [1.29, 1.82) is 0 Å². The standard InChI is InChI=1S/C54H45B3O6Si3/c1-10-28-46(29-11-1)64(47-30-12-2-13-31-47,48-32-14-3-15-33-48)61-55-58-56(62-65(49-34-16-4-17-35-49,50-36-18-5-19-37-50)51-38-20-6-21-39-51)60-57(59-55)63-66(52-40-22-7-23-41-52,53-42-24-8-25-43-53)54-44-26-9-27-45-54/h1-45H. The predicted molar refractivity (Wildman–Crippen MR) is 276 cm³/mol. The molecule has 318 valence electrons. The van der Waals surface area contributed by atoms with Crippen LogP contribution in [-0.4, -0.2) is 46.9 Å². The first-order valence-electron chi connectivity index (χ1n) is 22.2. The summed E-state index contributed by atoms with van der Waals surface area (Å²) in [5, 5.41) is 9.12. The highest BCUT2D eigenvalue weighted by atomic mass is 28.4. The van der Waals surface area contributed by atoms with Gasteiger partial charge in [0.2, 0.25) is 0 Å². The summed E-state index contributed by atoms with van der Waals surface area (Å²) in [5.74, 6) is 0. The zero-order chi connectivity index (χ0) is 44.5. The van der Waals surface area contributed by atoms with Gasteiger partial charge >= 0.3 is 22.0 Å². The molecule has 66 heavy (non-hydrogen) atoms. The summed E-state index contributed by atoms with van der Waals surface area (Å²) in [4.78, 5) is 0. The Balaban J connectivity index is 1.17. The maximum Gasteiger partial charge on any atom is 0.605 e. The van der Waals surface area contributed by atoms with Crippen LogP contribution in [0.3, 0.4) is 0 Å². The lowest BCUT2D eigenvalue weighted by Crippen LogP contribution is -2.76. The molecule has 9 aromatic carbocycles. The Morgan fingerprint density at radius 2 is 0.318 bits per heavy atom. The highest BCUT2D eigenvalue weighted by Crippen LogP contribution is 2.23. The van der Waals surface area contributed by atoms with Crippen molar-refractivity contribution in [3.8, 4) is 0 Å². The van der Waals surface area contributed by atoms with Crippen LogP contribution in [-0.2, 0) is 26.7 Å². The van der Waals surface area contributed by atoms with Crippen LogP contribution >= 0.6 is 0 Å². The van der Waals surface area contributed by atoms with Crippen molar-refractivity contribution >= 4 is 93.6 Å². The molecule has 0 aliphatic carbocycles. The van der Waals surface area contributed by atoms with E-state index >= 15 is 0 Å². The summed E-state index contributed by atoms with van der Waals surface area (Å²) < 4.78 is 44.0. The van der Waals surface area contributed by atoms with Gasteiger partial charge in [0.25, 0.3) is 25.0 Å². The third-order valence-corrected chi connectivity index (χ3v) is 24.1. The van der Waals surface area contributed by atoms with Crippen molar-refractivity contribution in [2.24, 2.45) is 0 Å². The molecule has 0 unspecified atom stereocenters. The average molecular weight is 907 g/mol. The summed E-state index contributed by atoms with van der Waals surface area (Å²) in [6.45, 7) is 0. The Labute approximate surface area is 391 Å². The largest absolute Gasteiger partial charge is 0.605 e. The minimum Gasteiger partial charge on any atom is -0.419 e. The van der Waals surface area contributed by atoms with E-state index in [9.17, 15) is 0 Å². The van der Waals surface area contributed by atoms with Gasteiger partial charge in [-0.25, -0.2) is 0 Å². The molecule has 0 saturated carbocycles. The van der Waals surface area contributed by atoms with E-state index in [-0.39, 0.29) is 0 Å². The molecule has 6 nitrogen and oxygen atoms in total. The van der Waals surface area contributed by atoms with Gasteiger partial charge in [0.15, 0.2) is 0 Å². The van der Waals surface area contributed by atoms with Crippen molar-refractivity contribution in [3.05, 3.63) is 273 Å². The van der Waals surface area contributed by atoms with Gasteiger partial charge < -0.3 is 26.7 Å². The van der Waals surface area contributed by atoms with Gasteiger partial charge in [-0.1, -0.05) is 273 Å². The zero-order valence-electron chi connectivity index (χ0n) is 36.2. The van der Waals surface area contributed by atoms with Gasteiger partial charge in [0.1, 0.15) is 0 Å². The summed E-state index contributed by atoms with van der Waals surface area (Å²) in [6, 6.07) is 93.4. The molecule has 9 aromatic rings. The smallest absolute Gasteiger partial charge is 0.419 e. The second-order valence-electron chi connectivity index (χ2n) is 16.0. The normalized spacial score (nSPS) is 13.4. The van der Waals surface area contributed by atoms with Gasteiger partial charge in [-0.3, -0.25) is 0 Å². The Kier molecular flexibility index (Phi) is 13.2. The van der Waals surface area contributed by atoms with E-state index in [0.29, 0.717) is 0 Å². The summed E-state index contributed by atoms with van der Waals surface area (Å²) in [6.07, 6.45) is 0. The highest BCUT2D eigenvalue weighted by Gasteiger charge is 2.58. The van der Waals surface area contributed by atoms with Gasteiger partial charge in [-0.2, -0.15) is 0 Å². The Morgan fingerprint density at radius 1 is 0.197 bits per heavy atom. The molecule has 0 spiro atoms. The van der Waals surface area contributed by atoms with Crippen molar-refractivity contribution in [1.82, 2.24) is 0 Å². The molecule has 0 atom stereocenters. The van der Waals surface area contributed by atoms with Gasteiger partial charge in [-0.15, -0.1) is 0 Å². The lowest BCUT2D eigenvalue weighted by molar-refractivity contribution is 0.145. The number of hydrogen-bond acceptors (Lipinski definition) is 6. The van der Waals surface area contributed by atoms with Crippen molar-refractivity contribution < 1.29 is 26.7 Å². The fourth-order valence-electron chi connectivity index (χ4n) is 9.14. The molecular weight excluding hydrogens is 861 g/mol. The second-order valence-corrected chi connectivity index (χ2v) is 26.0. The zero-order valence-corrected chi connectivity index (χ0v) is 39.2. The third kappa shape index (κ3) is 8.58. The molecule has 10 rings (SSSR count). The lowest BCUT2D eigenvalue weighted by Gasteiger charge is -2.42. The Morgan fingerprint density at radius 3 is 0.439 bits per heavy atom. The van der Waals surface area contributed by atoms with Crippen LogP contribution in [0.5, 0.6) is 0 Å². The molecule has 1 heterocycles. The molecule has 1 fully saturated rings. The first kappa shape index (κ1) is 43.5. The minimum atomic E-state index is -3.47. The van der Waals surface area contributed by atoms with E-state index in [4.69, 9.17) is 26.7 Å². The SMILES string of the molecule is c1ccc([Si](OB2OB(O[Si](c3ccccc3)(c3ccccc3)c3ccccc3)OB(O[Si](c3ccccc3)(c3ccccc3)c3ccccc3)O2)(c2ccccc2)c2ccccc2)cc1. The maximum absolute atomic E-state index is 7.65. The van der Waals surface area contributed by atoms with Crippen molar-refractivity contribution in [2.75, 3.05) is 0 Å². The van der Waals surface area contributed by atoms with Gasteiger partial charge in [-0.05, 0) is 46.7 Å². The molecule has 0 aromatic heterocycles. The van der Waals surface area contributed by atoms with Crippen LogP contribution in [0, 0.1) is 0 Å². The lowest BCUT2D eigenvalue weighted by atomic mass is 9.98. The highest BCUT2D eigenvalue weighted by molar-refractivity contribution is 7.11. The molecule has 1 saturated heterocycles. The van der Waals surface area contributed by atoms with E-state index in [0.717, 1.165) is 46.7 Å². The maximum atomic E-state index is 7.65.